The Bertz CT molecular complexity index is 668. The van der Waals surface area contributed by atoms with Crippen LogP contribution in [0.25, 0.3) is 0 Å². The van der Waals surface area contributed by atoms with Crippen molar-refractivity contribution in [3.63, 3.8) is 0 Å². The lowest BCUT2D eigenvalue weighted by Gasteiger charge is -2.20. The molecule has 0 aliphatic carbocycles. The van der Waals surface area contributed by atoms with Gasteiger partial charge in [-0.1, -0.05) is 13.8 Å². The normalized spacial score (nSPS) is 13.0. The van der Waals surface area contributed by atoms with E-state index >= 15 is 0 Å². The minimum Gasteiger partial charge on any atom is -0.480 e. The minimum atomic E-state index is -3.75. The van der Waals surface area contributed by atoms with Gasteiger partial charge >= 0.3 is 5.97 Å². The average molecular weight is 316 g/mol. The van der Waals surface area contributed by atoms with Crippen molar-refractivity contribution in [2.24, 2.45) is 5.92 Å². The zero-order chi connectivity index (χ0) is 16.4. The number of carboxylic acid groups (broad SMARTS) is 1. The standard InChI is InChI=1S/C12H16N2O6S/c1-7(2)11(12(15)16)13-9-5-4-8(14(17)18)6-10(9)21(3,19)20/h4-7,11,13H,1-3H3,(H,15,16)/t11-/m0/s1. The van der Waals surface area contributed by atoms with Gasteiger partial charge in [0.1, 0.15) is 6.04 Å². The molecule has 0 amide bonds. The van der Waals surface area contributed by atoms with Gasteiger partial charge in [0.2, 0.25) is 0 Å². The van der Waals surface area contributed by atoms with Gasteiger partial charge in [-0.25, -0.2) is 13.2 Å². The first-order valence-corrected chi connectivity index (χ1v) is 7.91. The SMILES string of the molecule is CC(C)[C@H](Nc1ccc([N+](=O)[O-])cc1S(C)(=O)=O)C(=O)O. The summed E-state index contributed by atoms with van der Waals surface area (Å²) >= 11 is 0. The molecule has 0 spiro atoms. The fourth-order valence-electron chi connectivity index (χ4n) is 1.73. The van der Waals surface area contributed by atoms with Crippen LogP contribution in [0.4, 0.5) is 11.4 Å². The fraction of sp³-hybridized carbons (Fsp3) is 0.417. The quantitative estimate of drug-likeness (QED) is 0.601. The molecule has 2 N–H and O–H groups in total. The third-order valence-corrected chi connectivity index (χ3v) is 3.96. The van der Waals surface area contributed by atoms with Crippen LogP contribution >= 0.6 is 0 Å². The molecule has 0 saturated heterocycles. The number of hydrogen-bond donors (Lipinski definition) is 2. The van der Waals surface area contributed by atoms with Crippen molar-refractivity contribution in [2.75, 3.05) is 11.6 Å². The highest BCUT2D eigenvalue weighted by atomic mass is 32.2. The minimum absolute atomic E-state index is 0.0317. The van der Waals surface area contributed by atoms with E-state index in [9.17, 15) is 23.3 Å². The van der Waals surface area contributed by atoms with Crippen molar-refractivity contribution in [3.05, 3.63) is 28.3 Å². The third-order valence-electron chi connectivity index (χ3n) is 2.82. The monoisotopic (exact) mass is 316 g/mol. The van der Waals surface area contributed by atoms with Gasteiger partial charge in [-0.15, -0.1) is 0 Å². The lowest BCUT2D eigenvalue weighted by molar-refractivity contribution is -0.385. The van der Waals surface area contributed by atoms with Gasteiger partial charge in [0.15, 0.2) is 9.84 Å². The number of anilines is 1. The molecule has 1 rings (SSSR count). The molecule has 0 aromatic heterocycles. The molecule has 0 radical (unpaired) electrons. The maximum Gasteiger partial charge on any atom is 0.326 e. The average Bonchev–Trinajstić information content (AvgIpc) is 2.33. The van der Waals surface area contributed by atoms with Crippen LogP contribution in [0.15, 0.2) is 23.1 Å². The summed E-state index contributed by atoms with van der Waals surface area (Å²) in [6.07, 6.45) is 0.905. The Balaban J connectivity index is 3.36. The van der Waals surface area contributed by atoms with Crippen LogP contribution in [0.3, 0.4) is 0 Å². The van der Waals surface area contributed by atoms with Crippen molar-refractivity contribution in [1.82, 2.24) is 0 Å². The smallest absolute Gasteiger partial charge is 0.326 e. The molecular weight excluding hydrogens is 300 g/mol. The van der Waals surface area contributed by atoms with Gasteiger partial charge in [-0.3, -0.25) is 10.1 Å². The third kappa shape index (κ3) is 4.15. The van der Waals surface area contributed by atoms with Gasteiger partial charge in [0.25, 0.3) is 5.69 Å². The molecule has 1 atom stereocenters. The maximum absolute atomic E-state index is 11.7. The number of benzene rings is 1. The van der Waals surface area contributed by atoms with Crippen molar-refractivity contribution in [1.29, 1.82) is 0 Å². The number of rotatable bonds is 6. The van der Waals surface area contributed by atoms with Gasteiger partial charge in [0, 0.05) is 18.4 Å². The van der Waals surface area contributed by atoms with Crippen LogP contribution in [0.1, 0.15) is 13.8 Å². The Morgan fingerprint density at radius 2 is 1.95 bits per heavy atom. The zero-order valence-electron chi connectivity index (χ0n) is 11.7. The zero-order valence-corrected chi connectivity index (χ0v) is 12.5. The van der Waals surface area contributed by atoms with Gasteiger partial charge in [-0.05, 0) is 12.0 Å². The first-order chi connectivity index (χ1) is 9.54. The number of non-ortho nitro benzene ring substituents is 1. The predicted molar refractivity (Wildman–Crippen MR) is 76.1 cm³/mol. The van der Waals surface area contributed by atoms with E-state index in [1.54, 1.807) is 13.8 Å². The number of nitro benzene ring substituents is 1. The molecule has 21 heavy (non-hydrogen) atoms. The van der Waals surface area contributed by atoms with E-state index in [2.05, 4.69) is 5.32 Å². The maximum atomic E-state index is 11.7. The summed E-state index contributed by atoms with van der Waals surface area (Å²) in [6.45, 7) is 3.33. The van der Waals surface area contributed by atoms with Gasteiger partial charge in [0.05, 0.1) is 15.5 Å². The van der Waals surface area contributed by atoms with Gasteiger partial charge < -0.3 is 10.4 Å². The predicted octanol–water partition coefficient (Wildman–Crippen LogP) is 1.52. The molecular formula is C12H16N2O6S. The molecule has 0 heterocycles. The Kier molecular flexibility index (Phi) is 4.89. The largest absolute Gasteiger partial charge is 0.480 e. The number of nitrogens with one attached hydrogen (secondary N) is 1. The molecule has 0 saturated carbocycles. The van der Waals surface area contributed by atoms with Crippen LogP contribution in [0.5, 0.6) is 0 Å². The van der Waals surface area contributed by atoms with E-state index in [-0.39, 0.29) is 22.2 Å². The topological polar surface area (TPSA) is 127 Å². The number of sulfone groups is 1. The highest BCUT2D eigenvalue weighted by molar-refractivity contribution is 7.90. The summed E-state index contributed by atoms with van der Waals surface area (Å²) in [7, 11) is -3.75. The van der Waals surface area contributed by atoms with Crippen LogP contribution in [0, 0.1) is 16.0 Å². The first-order valence-electron chi connectivity index (χ1n) is 6.02. The summed E-state index contributed by atoms with van der Waals surface area (Å²) in [5.74, 6) is -1.44. The van der Waals surface area contributed by atoms with E-state index in [0.717, 1.165) is 18.4 Å². The highest BCUT2D eigenvalue weighted by Crippen LogP contribution is 2.27. The molecule has 0 fully saturated rings. The second-order valence-corrected chi connectivity index (χ2v) is 6.90. The van der Waals surface area contributed by atoms with E-state index in [4.69, 9.17) is 5.11 Å². The molecule has 0 bridgehead atoms. The van der Waals surface area contributed by atoms with E-state index in [0.29, 0.717) is 0 Å². The second kappa shape index (κ2) is 6.08. The molecule has 1 aromatic rings. The Morgan fingerprint density at radius 3 is 2.33 bits per heavy atom. The first kappa shape index (κ1) is 16.9. The summed E-state index contributed by atoms with van der Waals surface area (Å²) in [5, 5.41) is 22.5. The lowest BCUT2D eigenvalue weighted by atomic mass is 10.0. The van der Waals surface area contributed by atoms with Crippen molar-refractivity contribution < 1.29 is 23.2 Å². The van der Waals surface area contributed by atoms with E-state index in [1.807, 2.05) is 0 Å². The Hall–Kier alpha value is -2.16. The molecule has 0 aliphatic rings. The second-order valence-electron chi connectivity index (χ2n) is 4.91. The van der Waals surface area contributed by atoms with Crippen LogP contribution in [-0.4, -0.2) is 36.7 Å². The summed E-state index contributed by atoms with van der Waals surface area (Å²) in [4.78, 5) is 20.9. The number of hydrogen-bond acceptors (Lipinski definition) is 6. The van der Waals surface area contributed by atoms with Crippen molar-refractivity contribution >= 4 is 27.2 Å². The van der Waals surface area contributed by atoms with Crippen molar-refractivity contribution in [3.8, 4) is 0 Å². The van der Waals surface area contributed by atoms with Crippen LogP contribution in [0.2, 0.25) is 0 Å². The highest BCUT2D eigenvalue weighted by Gasteiger charge is 2.25. The molecule has 0 aliphatic heterocycles. The number of nitrogens with zero attached hydrogens (tertiary/aromatic N) is 1. The summed E-state index contributed by atoms with van der Waals surface area (Å²) in [6, 6.07) is 2.23. The fourth-order valence-corrected chi connectivity index (χ4v) is 2.59. The van der Waals surface area contributed by atoms with Gasteiger partial charge in [-0.2, -0.15) is 0 Å². The van der Waals surface area contributed by atoms with Crippen LogP contribution < -0.4 is 5.32 Å². The van der Waals surface area contributed by atoms with Crippen LogP contribution in [-0.2, 0) is 14.6 Å². The molecule has 8 nitrogen and oxygen atoms in total. The number of carboxylic acids is 1. The molecule has 1 aromatic carbocycles. The van der Waals surface area contributed by atoms with E-state index in [1.165, 1.54) is 6.07 Å². The number of carbonyl (C=O) groups is 1. The Morgan fingerprint density at radius 1 is 1.38 bits per heavy atom. The lowest BCUT2D eigenvalue weighted by Crippen LogP contribution is -2.34. The van der Waals surface area contributed by atoms with E-state index < -0.39 is 26.8 Å². The Labute approximate surface area is 121 Å². The molecule has 9 heteroatoms. The molecule has 116 valence electrons. The molecule has 0 unspecified atom stereocenters. The summed E-state index contributed by atoms with van der Waals surface area (Å²) < 4.78 is 23.5. The van der Waals surface area contributed by atoms with Crippen molar-refractivity contribution in [2.45, 2.75) is 24.8 Å². The summed E-state index contributed by atoms with van der Waals surface area (Å²) in [5.41, 5.74) is -0.346. The number of nitro groups is 1. The number of aliphatic carboxylic acids is 1.